The van der Waals surface area contributed by atoms with Crippen molar-refractivity contribution in [2.45, 2.75) is 0 Å². The van der Waals surface area contributed by atoms with Crippen molar-refractivity contribution in [3.05, 3.63) is 53.8 Å². The average Bonchev–Trinajstić information content (AvgIpc) is 2.62. The van der Waals surface area contributed by atoms with Crippen molar-refractivity contribution in [1.29, 1.82) is 0 Å². The van der Waals surface area contributed by atoms with E-state index >= 15 is 0 Å². The molecule has 2 aromatic carbocycles. The lowest BCUT2D eigenvalue weighted by atomic mass is 10.1. The Morgan fingerprint density at radius 3 is 2.67 bits per heavy atom. The molecule has 0 aromatic heterocycles. The number of ether oxygens (including phenoxy) is 2. The Bertz CT molecular complexity index is 730. The van der Waals surface area contributed by atoms with Crippen molar-refractivity contribution in [3.8, 4) is 5.75 Å². The van der Waals surface area contributed by atoms with Crippen LogP contribution in [0.2, 0.25) is 0 Å². The lowest BCUT2D eigenvalue weighted by Crippen LogP contribution is -2.36. The number of nitrogens with one attached hydrogen (secondary N) is 1. The van der Waals surface area contributed by atoms with E-state index in [1.807, 2.05) is 12.1 Å². The van der Waals surface area contributed by atoms with E-state index in [1.54, 1.807) is 25.3 Å². The van der Waals surface area contributed by atoms with Gasteiger partial charge in [-0.15, -0.1) is 0 Å². The van der Waals surface area contributed by atoms with Gasteiger partial charge < -0.3 is 19.7 Å². The lowest BCUT2D eigenvalue weighted by molar-refractivity contribution is 0.102. The van der Waals surface area contributed by atoms with Crippen molar-refractivity contribution in [2.24, 2.45) is 0 Å². The fourth-order valence-corrected chi connectivity index (χ4v) is 2.66. The van der Waals surface area contributed by atoms with Crippen molar-refractivity contribution < 1.29 is 18.7 Å². The number of methoxy groups -OCH3 is 1. The maximum atomic E-state index is 13.8. The van der Waals surface area contributed by atoms with Gasteiger partial charge in [0.25, 0.3) is 5.91 Å². The highest BCUT2D eigenvalue weighted by Gasteiger charge is 2.18. The third-order valence-electron chi connectivity index (χ3n) is 3.92. The molecule has 1 heterocycles. The van der Waals surface area contributed by atoms with Gasteiger partial charge >= 0.3 is 0 Å². The molecule has 1 amide bonds. The maximum Gasteiger partial charge on any atom is 0.258 e. The van der Waals surface area contributed by atoms with Crippen LogP contribution < -0.4 is 15.0 Å². The van der Waals surface area contributed by atoms with E-state index < -0.39 is 11.7 Å². The fraction of sp³-hybridized carbons (Fsp3) is 0.278. The standard InChI is InChI=1S/C18H19FN2O3/c1-23-13-6-7-17(21-8-10-24-11-9-21)16(12-13)20-18(22)14-4-2-3-5-15(14)19/h2-7,12H,8-11H2,1H3,(H,20,22). The molecule has 0 saturated carbocycles. The van der Waals surface area contributed by atoms with Crippen LogP contribution in [0.4, 0.5) is 15.8 Å². The van der Waals surface area contributed by atoms with Gasteiger partial charge in [0.15, 0.2) is 0 Å². The Hall–Kier alpha value is -2.60. The second-order valence-corrected chi connectivity index (χ2v) is 5.42. The van der Waals surface area contributed by atoms with E-state index in [9.17, 15) is 9.18 Å². The number of carbonyl (C=O) groups is 1. The molecule has 126 valence electrons. The first-order valence-electron chi connectivity index (χ1n) is 7.75. The van der Waals surface area contributed by atoms with Crippen molar-refractivity contribution >= 4 is 17.3 Å². The number of hydrogen-bond donors (Lipinski definition) is 1. The van der Waals surface area contributed by atoms with Crippen LogP contribution in [0.3, 0.4) is 0 Å². The number of morpholine rings is 1. The molecule has 1 saturated heterocycles. The molecule has 0 atom stereocenters. The SMILES string of the molecule is COc1ccc(N2CCOCC2)c(NC(=O)c2ccccc2F)c1. The summed E-state index contributed by atoms with van der Waals surface area (Å²) in [5, 5.41) is 2.80. The van der Waals surface area contributed by atoms with Gasteiger partial charge in [-0.25, -0.2) is 4.39 Å². The number of hydrogen-bond acceptors (Lipinski definition) is 4. The summed E-state index contributed by atoms with van der Waals surface area (Å²) in [5.41, 5.74) is 1.46. The molecule has 0 spiro atoms. The van der Waals surface area contributed by atoms with E-state index in [1.165, 1.54) is 12.1 Å². The summed E-state index contributed by atoms with van der Waals surface area (Å²) >= 11 is 0. The summed E-state index contributed by atoms with van der Waals surface area (Å²) in [5.74, 6) is -0.419. The van der Waals surface area contributed by atoms with Crippen LogP contribution in [0.1, 0.15) is 10.4 Å². The molecule has 6 heteroatoms. The largest absolute Gasteiger partial charge is 0.497 e. The van der Waals surface area contributed by atoms with Gasteiger partial charge in [0.2, 0.25) is 0 Å². The zero-order valence-electron chi connectivity index (χ0n) is 13.4. The van der Waals surface area contributed by atoms with Gasteiger partial charge in [-0.05, 0) is 24.3 Å². The molecule has 0 unspecified atom stereocenters. The molecule has 0 radical (unpaired) electrons. The third kappa shape index (κ3) is 3.49. The minimum Gasteiger partial charge on any atom is -0.497 e. The Kier molecular flexibility index (Phi) is 4.96. The van der Waals surface area contributed by atoms with E-state index in [4.69, 9.17) is 9.47 Å². The van der Waals surface area contributed by atoms with Gasteiger partial charge in [0.05, 0.1) is 37.3 Å². The molecule has 2 aromatic rings. The Balaban J connectivity index is 1.90. The maximum absolute atomic E-state index is 13.8. The second kappa shape index (κ2) is 7.31. The van der Waals surface area contributed by atoms with Crippen LogP contribution in [-0.4, -0.2) is 39.3 Å². The van der Waals surface area contributed by atoms with Crippen LogP contribution in [0.25, 0.3) is 0 Å². The number of nitrogens with zero attached hydrogens (tertiary/aromatic N) is 1. The minimum absolute atomic E-state index is 0.00764. The molecule has 1 aliphatic rings. The molecule has 0 bridgehead atoms. The van der Waals surface area contributed by atoms with E-state index in [0.29, 0.717) is 24.7 Å². The van der Waals surface area contributed by atoms with Gasteiger partial charge in [0, 0.05) is 19.2 Å². The fourth-order valence-electron chi connectivity index (χ4n) is 2.66. The second-order valence-electron chi connectivity index (χ2n) is 5.42. The molecule has 24 heavy (non-hydrogen) atoms. The molecular weight excluding hydrogens is 311 g/mol. The first-order valence-corrected chi connectivity index (χ1v) is 7.75. The van der Waals surface area contributed by atoms with Crippen LogP contribution in [0.5, 0.6) is 5.75 Å². The zero-order valence-corrected chi connectivity index (χ0v) is 13.4. The summed E-state index contributed by atoms with van der Waals surface area (Å²) in [6.07, 6.45) is 0. The summed E-state index contributed by atoms with van der Waals surface area (Å²) in [4.78, 5) is 14.6. The van der Waals surface area contributed by atoms with Crippen molar-refractivity contribution in [3.63, 3.8) is 0 Å². The third-order valence-corrected chi connectivity index (χ3v) is 3.92. The van der Waals surface area contributed by atoms with Crippen LogP contribution >= 0.6 is 0 Å². The number of anilines is 2. The lowest BCUT2D eigenvalue weighted by Gasteiger charge is -2.30. The summed E-state index contributed by atoms with van der Waals surface area (Å²) in [6, 6.07) is 11.4. The van der Waals surface area contributed by atoms with Gasteiger partial charge in [-0.3, -0.25) is 4.79 Å². The summed E-state index contributed by atoms with van der Waals surface area (Å²) in [7, 11) is 1.56. The van der Waals surface area contributed by atoms with Gasteiger partial charge in [0.1, 0.15) is 11.6 Å². The molecule has 1 fully saturated rings. The Labute approximate surface area is 140 Å². The van der Waals surface area contributed by atoms with Crippen molar-refractivity contribution in [2.75, 3.05) is 43.6 Å². The highest BCUT2D eigenvalue weighted by Crippen LogP contribution is 2.31. The summed E-state index contributed by atoms with van der Waals surface area (Å²) < 4.78 is 24.4. The zero-order chi connectivity index (χ0) is 16.9. The Morgan fingerprint density at radius 1 is 1.21 bits per heavy atom. The molecular formula is C18H19FN2O3. The molecule has 1 N–H and O–H groups in total. The molecule has 5 nitrogen and oxygen atoms in total. The van der Waals surface area contributed by atoms with Crippen molar-refractivity contribution in [1.82, 2.24) is 0 Å². The first-order chi connectivity index (χ1) is 11.7. The van der Waals surface area contributed by atoms with Crippen LogP contribution in [0.15, 0.2) is 42.5 Å². The highest BCUT2D eigenvalue weighted by atomic mass is 19.1. The topological polar surface area (TPSA) is 50.8 Å². The molecule has 0 aliphatic carbocycles. The van der Waals surface area contributed by atoms with E-state index in [-0.39, 0.29) is 5.56 Å². The van der Waals surface area contributed by atoms with Gasteiger partial charge in [-0.1, -0.05) is 12.1 Å². The molecule has 3 rings (SSSR count). The minimum atomic E-state index is -0.550. The predicted octanol–water partition coefficient (Wildman–Crippen LogP) is 2.92. The first kappa shape index (κ1) is 16.3. The number of amides is 1. The average molecular weight is 330 g/mol. The van der Waals surface area contributed by atoms with E-state index in [2.05, 4.69) is 10.2 Å². The quantitative estimate of drug-likeness (QED) is 0.936. The summed E-state index contributed by atoms with van der Waals surface area (Å²) in [6.45, 7) is 2.73. The van der Waals surface area contributed by atoms with Gasteiger partial charge in [-0.2, -0.15) is 0 Å². The van der Waals surface area contributed by atoms with Crippen LogP contribution in [-0.2, 0) is 4.74 Å². The van der Waals surface area contributed by atoms with Crippen LogP contribution in [0, 0.1) is 5.82 Å². The highest BCUT2D eigenvalue weighted by molar-refractivity contribution is 6.06. The Morgan fingerprint density at radius 2 is 1.96 bits per heavy atom. The van der Waals surface area contributed by atoms with E-state index in [0.717, 1.165) is 18.8 Å². The number of halogens is 1. The predicted molar refractivity (Wildman–Crippen MR) is 90.4 cm³/mol. The number of carbonyl (C=O) groups excluding carboxylic acids is 1. The molecule has 1 aliphatic heterocycles. The normalized spacial score (nSPS) is 14.3. The number of rotatable bonds is 4. The monoisotopic (exact) mass is 330 g/mol. The number of benzene rings is 2. The smallest absolute Gasteiger partial charge is 0.258 e.